The topological polar surface area (TPSA) is 0 Å². The van der Waals surface area contributed by atoms with Gasteiger partial charge in [0.1, 0.15) is 0 Å². The van der Waals surface area contributed by atoms with Crippen LogP contribution in [0, 0.1) is 11.8 Å². The van der Waals surface area contributed by atoms with E-state index < -0.39 is 16.1 Å². The number of rotatable bonds is 10. The summed E-state index contributed by atoms with van der Waals surface area (Å²) in [5.41, 5.74) is 8.75. The normalized spacial score (nSPS) is 14.7. The van der Waals surface area contributed by atoms with Crippen molar-refractivity contribution >= 4 is 53.5 Å². The molecular formula is C52H68Cl2Si3Zr-2. The van der Waals surface area contributed by atoms with Gasteiger partial charge in [-0.3, -0.25) is 0 Å². The monoisotopic (exact) mass is 936 g/mol. The molecule has 0 radical (unpaired) electrons. The van der Waals surface area contributed by atoms with Crippen LogP contribution in [0.5, 0.6) is 0 Å². The molecule has 0 aliphatic heterocycles. The van der Waals surface area contributed by atoms with Crippen LogP contribution in [0.15, 0.2) is 109 Å². The van der Waals surface area contributed by atoms with Crippen LogP contribution in [-0.2, 0) is 36.2 Å². The van der Waals surface area contributed by atoms with Gasteiger partial charge in [0, 0.05) is 0 Å². The Morgan fingerprint density at radius 1 is 0.569 bits per heavy atom. The van der Waals surface area contributed by atoms with Gasteiger partial charge in [0.2, 0.25) is 0 Å². The zero-order chi connectivity index (χ0) is 39.9. The predicted octanol–water partition coefficient (Wildman–Crippen LogP) is 8.58. The number of hydrogen-bond acceptors (Lipinski definition) is 0. The zero-order valence-electron chi connectivity index (χ0n) is 36.8. The molecule has 0 heterocycles. The van der Waals surface area contributed by atoms with Crippen LogP contribution < -0.4 is 35.2 Å². The Hall–Kier alpha value is -1.79. The van der Waals surface area contributed by atoms with E-state index in [2.05, 4.69) is 162 Å². The third-order valence-corrected chi connectivity index (χ3v) is 19.6. The quantitative estimate of drug-likeness (QED) is 0.0955. The standard InChI is InChI=1S/2C24H29Si.C4H10Si.2ClH.Zr/c2*1-25(2,3)22-13-11-20(12-14-22)23-10-6-9-21-16-19(17-24(21)23)15-18-7-4-5-8-18;1-3-4-5-2;;;/h2*6,9-14,16-18H,4-5,7-8,15H2,1-3H3;3-4H2,1-2H3;2*1H;/q2*-1;;;;+2/p-2. The molecule has 6 aromatic rings. The molecule has 2 aliphatic carbocycles. The van der Waals surface area contributed by atoms with Gasteiger partial charge in [-0.05, 0) is 35.8 Å². The molecule has 0 bridgehead atoms. The van der Waals surface area contributed by atoms with E-state index >= 15 is 0 Å². The van der Waals surface area contributed by atoms with Gasteiger partial charge in [0.15, 0.2) is 0 Å². The molecule has 0 spiro atoms. The van der Waals surface area contributed by atoms with Crippen molar-refractivity contribution in [3.63, 3.8) is 0 Å². The van der Waals surface area contributed by atoms with Crippen LogP contribution in [0.1, 0.15) is 75.8 Å². The Morgan fingerprint density at radius 2 is 0.931 bits per heavy atom. The van der Waals surface area contributed by atoms with E-state index in [0.717, 1.165) is 11.8 Å². The first kappa shape index (κ1) is 48.9. The van der Waals surface area contributed by atoms with Crippen LogP contribution >= 0.6 is 0 Å². The molecule has 2 aliphatic rings. The van der Waals surface area contributed by atoms with Crippen molar-refractivity contribution < 1.29 is 48.1 Å². The Kier molecular flexibility index (Phi) is 18.8. The molecule has 2 fully saturated rings. The summed E-state index contributed by atoms with van der Waals surface area (Å²) in [5.74, 6) is 1.83. The minimum absolute atomic E-state index is 0. The zero-order valence-corrected chi connectivity index (χ0v) is 43.8. The molecule has 308 valence electrons. The van der Waals surface area contributed by atoms with E-state index in [1.165, 1.54) is 142 Å². The Morgan fingerprint density at radius 3 is 1.22 bits per heavy atom. The van der Waals surface area contributed by atoms with E-state index in [1.807, 2.05) is 0 Å². The van der Waals surface area contributed by atoms with Crippen LogP contribution in [-0.4, -0.2) is 21.6 Å². The maximum absolute atomic E-state index is 2.45. The molecule has 0 saturated heterocycles. The van der Waals surface area contributed by atoms with E-state index in [0.29, 0.717) is 0 Å². The van der Waals surface area contributed by atoms with Crippen molar-refractivity contribution in [1.82, 2.24) is 0 Å². The Labute approximate surface area is 382 Å². The summed E-state index contributed by atoms with van der Waals surface area (Å²) >= 11 is 1.79. The predicted molar refractivity (Wildman–Crippen MR) is 254 cm³/mol. The molecular weight excluding hydrogens is 871 g/mol. The molecule has 0 unspecified atom stereocenters. The van der Waals surface area contributed by atoms with Gasteiger partial charge < -0.3 is 24.8 Å². The SMILES string of the molecule is CCC[Si](C)=[Zr+2].C[Si](C)(C)c1ccc(-c2cccc3[cH-]c(CC4CCCC4)cc23)cc1.C[Si](C)(C)c1ccc(-c2cccc3[cH-]c(CC4CCCC4)cc23)cc1.[Cl-].[Cl-]. The van der Waals surface area contributed by atoms with Crippen molar-refractivity contribution in [3.05, 3.63) is 120 Å². The van der Waals surface area contributed by atoms with Crippen molar-refractivity contribution in [2.75, 3.05) is 0 Å². The molecule has 6 heteroatoms. The second kappa shape index (κ2) is 22.3. The fraction of sp³-hybridized carbons (Fsp3) is 0.423. The molecule has 0 atom stereocenters. The van der Waals surface area contributed by atoms with Crippen LogP contribution in [0.3, 0.4) is 0 Å². The summed E-state index contributed by atoms with van der Waals surface area (Å²) in [6, 6.07) is 43.5. The number of benzene rings is 4. The molecule has 0 N–H and O–H groups in total. The summed E-state index contributed by atoms with van der Waals surface area (Å²) < 4.78 is 0. The minimum atomic E-state index is -1.23. The largest absolute Gasteiger partial charge is 1.00 e. The van der Waals surface area contributed by atoms with E-state index in [4.69, 9.17) is 0 Å². The average Bonchev–Trinajstić information content (AvgIpc) is 4.00. The smallest absolute Gasteiger partial charge is 0.0775 e. The van der Waals surface area contributed by atoms with Gasteiger partial charge >= 0.3 is 54.7 Å². The van der Waals surface area contributed by atoms with Crippen LogP contribution in [0.25, 0.3) is 43.8 Å². The molecule has 2 saturated carbocycles. The number of hydrogen-bond donors (Lipinski definition) is 0. The van der Waals surface area contributed by atoms with Gasteiger partial charge in [-0.1, -0.05) is 173 Å². The second-order valence-corrected chi connectivity index (χ2v) is 37.7. The van der Waals surface area contributed by atoms with Crippen molar-refractivity contribution in [2.24, 2.45) is 11.8 Å². The summed E-state index contributed by atoms with van der Waals surface area (Å²) in [6.45, 7) is 19.1. The third-order valence-electron chi connectivity index (χ3n) is 12.4. The Balaban J connectivity index is 0.000000219. The maximum atomic E-state index is 2.45. The molecule has 58 heavy (non-hydrogen) atoms. The van der Waals surface area contributed by atoms with Gasteiger partial charge in [0.25, 0.3) is 0 Å². The first-order chi connectivity index (χ1) is 26.8. The summed E-state index contributed by atoms with van der Waals surface area (Å²) in [4.78, 5) is 0. The molecule has 8 rings (SSSR count). The van der Waals surface area contributed by atoms with Gasteiger partial charge in [-0.25, -0.2) is 0 Å². The van der Waals surface area contributed by atoms with E-state index in [-0.39, 0.29) is 30.2 Å². The van der Waals surface area contributed by atoms with Gasteiger partial charge in [-0.15, -0.1) is 69.1 Å². The van der Waals surface area contributed by atoms with Gasteiger partial charge in [-0.2, -0.15) is 12.1 Å². The van der Waals surface area contributed by atoms with Crippen molar-refractivity contribution in [2.45, 2.75) is 129 Å². The van der Waals surface area contributed by atoms with Crippen LogP contribution in [0.4, 0.5) is 0 Å². The summed E-state index contributed by atoms with van der Waals surface area (Å²) in [7, 11) is -2.46. The fourth-order valence-corrected chi connectivity index (χ4v) is 14.0. The minimum Gasteiger partial charge on any atom is -1.00 e. The summed E-state index contributed by atoms with van der Waals surface area (Å²) in [6.07, 6.45) is 15.3. The third kappa shape index (κ3) is 13.4. The van der Waals surface area contributed by atoms with Crippen molar-refractivity contribution in [1.29, 1.82) is 0 Å². The molecule has 6 aromatic carbocycles. The van der Waals surface area contributed by atoms with E-state index in [9.17, 15) is 0 Å². The molecule has 0 aromatic heterocycles. The van der Waals surface area contributed by atoms with Crippen molar-refractivity contribution in [3.8, 4) is 22.3 Å². The summed E-state index contributed by atoms with van der Waals surface area (Å²) in [5, 5.41) is 8.73. The van der Waals surface area contributed by atoms with Gasteiger partial charge in [0.05, 0.1) is 16.1 Å². The molecule has 0 nitrogen and oxygen atoms in total. The Bertz CT molecular complexity index is 2020. The molecule has 0 amide bonds. The average molecular weight is 940 g/mol. The second-order valence-electron chi connectivity index (χ2n) is 19.2. The first-order valence-corrected chi connectivity index (χ1v) is 34.8. The fourth-order valence-electron chi connectivity index (χ4n) is 9.10. The number of halogens is 2. The number of fused-ring (bicyclic) bond motifs is 2. The van der Waals surface area contributed by atoms with Crippen LogP contribution in [0.2, 0.25) is 51.9 Å². The van der Waals surface area contributed by atoms with E-state index in [1.54, 1.807) is 23.3 Å². The maximum Gasteiger partial charge on any atom is 0.0775 e. The first-order valence-electron chi connectivity index (χ1n) is 21.9.